The van der Waals surface area contributed by atoms with Crippen LogP contribution in [0.3, 0.4) is 0 Å². The molecule has 2 N–H and O–H groups in total. The van der Waals surface area contributed by atoms with Crippen molar-refractivity contribution >= 4 is 22.4 Å². The van der Waals surface area contributed by atoms with E-state index in [1.54, 1.807) is 12.1 Å². The lowest BCUT2D eigenvalue weighted by molar-refractivity contribution is 0.538. The molecular weight excluding hydrogens is 308 g/mol. The lowest BCUT2D eigenvalue weighted by Gasteiger charge is -2.11. The molecule has 1 aliphatic heterocycles. The Morgan fingerprint density at radius 1 is 1.29 bits per heavy atom. The van der Waals surface area contributed by atoms with E-state index in [0.29, 0.717) is 23.3 Å². The number of halogens is 1. The van der Waals surface area contributed by atoms with Gasteiger partial charge in [0.15, 0.2) is 0 Å². The minimum atomic E-state index is -3.37. The number of benzene rings is 1. The Morgan fingerprint density at radius 3 is 2.48 bits per heavy atom. The topological polar surface area (TPSA) is 58.2 Å². The molecule has 2 rings (SSSR count). The van der Waals surface area contributed by atoms with Crippen LogP contribution in [0.25, 0.3) is 0 Å². The zero-order chi connectivity index (χ0) is 14.6. The fraction of sp³-hybridized carbons (Fsp3) is 0.600. The lowest BCUT2D eigenvalue weighted by atomic mass is 10.0. The zero-order valence-corrected chi connectivity index (χ0v) is 14.3. The highest BCUT2D eigenvalue weighted by atomic mass is 35.5. The Bertz CT molecular complexity index is 523. The van der Waals surface area contributed by atoms with Gasteiger partial charge in [-0.1, -0.05) is 26.0 Å². The molecule has 1 heterocycles. The molecule has 6 heteroatoms. The van der Waals surface area contributed by atoms with Gasteiger partial charge in [-0.15, -0.1) is 12.4 Å². The second-order valence-corrected chi connectivity index (χ2v) is 7.72. The summed E-state index contributed by atoms with van der Waals surface area (Å²) >= 11 is 0. The molecule has 1 atom stereocenters. The van der Waals surface area contributed by atoms with Gasteiger partial charge >= 0.3 is 0 Å². The standard InChI is InChI=1S/C15H24N2O2S.ClH/c1-12(2)9-13-3-5-15(6-4-13)20(18,19)17-11-14-7-8-16-10-14;/h3-6,12,14,16-17H,7-11H2,1-2H3;1H. The van der Waals surface area contributed by atoms with Crippen LogP contribution >= 0.6 is 12.4 Å². The monoisotopic (exact) mass is 332 g/mol. The van der Waals surface area contributed by atoms with Gasteiger partial charge in [0.2, 0.25) is 10.0 Å². The Balaban J connectivity index is 0.00000220. The summed E-state index contributed by atoms with van der Waals surface area (Å²) in [6, 6.07) is 7.22. The predicted octanol–water partition coefficient (Wildman–Crippen LogP) is 2.19. The van der Waals surface area contributed by atoms with Crippen molar-refractivity contribution in [3.05, 3.63) is 29.8 Å². The molecular formula is C15H25ClN2O2S. The Morgan fingerprint density at radius 2 is 1.95 bits per heavy atom. The first kappa shape index (κ1) is 18.4. The van der Waals surface area contributed by atoms with Crippen molar-refractivity contribution in [1.82, 2.24) is 10.0 Å². The number of rotatable bonds is 6. The van der Waals surface area contributed by atoms with Crippen molar-refractivity contribution in [2.45, 2.75) is 31.6 Å². The molecule has 1 aromatic carbocycles. The van der Waals surface area contributed by atoms with Gasteiger partial charge in [0.25, 0.3) is 0 Å². The Labute approximate surface area is 134 Å². The Hall–Kier alpha value is -0.620. The quantitative estimate of drug-likeness (QED) is 0.839. The molecule has 1 fully saturated rings. The second kappa shape index (κ2) is 8.13. The van der Waals surface area contributed by atoms with Gasteiger partial charge in [-0.3, -0.25) is 0 Å². The van der Waals surface area contributed by atoms with Crippen molar-refractivity contribution in [2.75, 3.05) is 19.6 Å². The maximum absolute atomic E-state index is 12.2. The van der Waals surface area contributed by atoms with Crippen LogP contribution in [0.1, 0.15) is 25.8 Å². The molecule has 1 unspecified atom stereocenters. The highest BCUT2D eigenvalue weighted by molar-refractivity contribution is 7.89. The van der Waals surface area contributed by atoms with Crippen LogP contribution in [0.5, 0.6) is 0 Å². The van der Waals surface area contributed by atoms with Crippen LogP contribution in [0.15, 0.2) is 29.2 Å². The van der Waals surface area contributed by atoms with E-state index in [1.807, 2.05) is 12.1 Å². The highest BCUT2D eigenvalue weighted by Gasteiger charge is 2.19. The third kappa shape index (κ3) is 5.58. The maximum atomic E-state index is 12.2. The fourth-order valence-electron chi connectivity index (χ4n) is 2.48. The smallest absolute Gasteiger partial charge is 0.240 e. The van der Waals surface area contributed by atoms with E-state index < -0.39 is 10.0 Å². The average Bonchev–Trinajstić information content (AvgIpc) is 2.89. The van der Waals surface area contributed by atoms with Crippen molar-refractivity contribution in [2.24, 2.45) is 11.8 Å². The van der Waals surface area contributed by atoms with Gasteiger partial charge in [0.05, 0.1) is 4.90 Å². The summed E-state index contributed by atoms with van der Waals surface area (Å²) in [5.74, 6) is 0.982. The third-order valence-electron chi connectivity index (χ3n) is 3.60. The summed E-state index contributed by atoms with van der Waals surface area (Å²) in [7, 11) is -3.37. The van der Waals surface area contributed by atoms with E-state index in [9.17, 15) is 8.42 Å². The minimum Gasteiger partial charge on any atom is -0.316 e. The molecule has 4 nitrogen and oxygen atoms in total. The van der Waals surface area contributed by atoms with E-state index in [0.717, 1.165) is 25.9 Å². The van der Waals surface area contributed by atoms with Crippen molar-refractivity contribution in [3.8, 4) is 0 Å². The van der Waals surface area contributed by atoms with Gasteiger partial charge in [0, 0.05) is 6.54 Å². The molecule has 0 spiro atoms. The van der Waals surface area contributed by atoms with E-state index in [2.05, 4.69) is 23.9 Å². The molecule has 1 aromatic rings. The summed E-state index contributed by atoms with van der Waals surface area (Å²) in [6.07, 6.45) is 2.01. The number of sulfonamides is 1. The van der Waals surface area contributed by atoms with Crippen LogP contribution < -0.4 is 10.0 Å². The molecule has 1 aliphatic rings. The first-order chi connectivity index (χ1) is 9.47. The van der Waals surface area contributed by atoms with E-state index in [-0.39, 0.29) is 12.4 Å². The largest absolute Gasteiger partial charge is 0.316 e. The molecule has 1 saturated heterocycles. The first-order valence-electron chi connectivity index (χ1n) is 7.26. The molecule has 120 valence electrons. The van der Waals surface area contributed by atoms with Gasteiger partial charge in [-0.05, 0) is 55.5 Å². The molecule has 21 heavy (non-hydrogen) atoms. The number of hydrogen-bond donors (Lipinski definition) is 2. The van der Waals surface area contributed by atoms with Gasteiger partial charge in [0.1, 0.15) is 0 Å². The van der Waals surface area contributed by atoms with Crippen molar-refractivity contribution < 1.29 is 8.42 Å². The van der Waals surface area contributed by atoms with Crippen molar-refractivity contribution in [1.29, 1.82) is 0 Å². The Kier molecular flexibility index (Phi) is 7.13. The summed E-state index contributed by atoms with van der Waals surface area (Å²) in [5.41, 5.74) is 1.18. The van der Waals surface area contributed by atoms with Gasteiger partial charge in [-0.25, -0.2) is 13.1 Å². The van der Waals surface area contributed by atoms with Crippen LogP contribution in [0.2, 0.25) is 0 Å². The SMILES string of the molecule is CC(C)Cc1ccc(S(=O)(=O)NCC2CCNC2)cc1.Cl. The van der Waals surface area contributed by atoms with Crippen LogP contribution in [-0.4, -0.2) is 28.1 Å². The van der Waals surface area contributed by atoms with E-state index in [1.165, 1.54) is 5.56 Å². The van der Waals surface area contributed by atoms with Gasteiger partial charge in [-0.2, -0.15) is 0 Å². The molecule has 0 aliphatic carbocycles. The molecule has 0 amide bonds. The lowest BCUT2D eigenvalue weighted by Crippen LogP contribution is -2.30. The molecule has 0 aromatic heterocycles. The van der Waals surface area contributed by atoms with E-state index in [4.69, 9.17) is 0 Å². The first-order valence-corrected chi connectivity index (χ1v) is 8.75. The maximum Gasteiger partial charge on any atom is 0.240 e. The normalized spacial score (nSPS) is 18.7. The van der Waals surface area contributed by atoms with Crippen LogP contribution in [0, 0.1) is 11.8 Å². The summed E-state index contributed by atoms with van der Waals surface area (Å²) in [5, 5.41) is 3.24. The highest BCUT2D eigenvalue weighted by Crippen LogP contribution is 2.14. The van der Waals surface area contributed by atoms with Crippen molar-refractivity contribution in [3.63, 3.8) is 0 Å². The van der Waals surface area contributed by atoms with Crippen LogP contribution in [0.4, 0.5) is 0 Å². The second-order valence-electron chi connectivity index (χ2n) is 5.95. The number of hydrogen-bond acceptors (Lipinski definition) is 3. The summed E-state index contributed by atoms with van der Waals surface area (Å²) in [6.45, 7) is 6.71. The minimum absolute atomic E-state index is 0. The summed E-state index contributed by atoms with van der Waals surface area (Å²) < 4.78 is 27.1. The summed E-state index contributed by atoms with van der Waals surface area (Å²) in [4.78, 5) is 0.357. The molecule has 0 bridgehead atoms. The fourth-order valence-corrected chi connectivity index (χ4v) is 3.59. The predicted molar refractivity (Wildman–Crippen MR) is 88.4 cm³/mol. The van der Waals surface area contributed by atoms with Gasteiger partial charge < -0.3 is 5.32 Å². The average molecular weight is 333 g/mol. The third-order valence-corrected chi connectivity index (χ3v) is 5.04. The number of nitrogens with one attached hydrogen (secondary N) is 2. The zero-order valence-electron chi connectivity index (χ0n) is 12.6. The molecule has 0 saturated carbocycles. The molecule has 0 radical (unpaired) electrons. The van der Waals surface area contributed by atoms with Crippen LogP contribution in [-0.2, 0) is 16.4 Å². The van der Waals surface area contributed by atoms with E-state index >= 15 is 0 Å².